The summed E-state index contributed by atoms with van der Waals surface area (Å²) in [6.07, 6.45) is 2.02. The Labute approximate surface area is 166 Å². The normalized spacial score (nSPS) is 16.5. The van der Waals surface area contributed by atoms with Crippen molar-refractivity contribution in [1.29, 1.82) is 0 Å². The number of non-ortho nitro benzene ring substituents is 1. The van der Waals surface area contributed by atoms with E-state index < -0.39 is 29.2 Å². The molecule has 148 valence electrons. The molecule has 0 spiro atoms. The van der Waals surface area contributed by atoms with Crippen LogP contribution in [0.2, 0.25) is 0 Å². The van der Waals surface area contributed by atoms with Gasteiger partial charge in [0.2, 0.25) is 5.91 Å². The second kappa shape index (κ2) is 7.12. The largest absolute Gasteiger partial charge is 0.347 e. The van der Waals surface area contributed by atoms with Crippen LogP contribution in [0.5, 0.6) is 0 Å². The molecule has 0 radical (unpaired) electrons. The highest BCUT2D eigenvalue weighted by Crippen LogP contribution is 2.41. The first-order valence-corrected chi connectivity index (χ1v) is 9.35. The number of rotatable bonds is 6. The standard InChI is InChI=1S/C21H19N3O5/c1-12-2-4-13(5-3-12)19(14-6-7-14)22-18(25)11-23-20(26)16-9-8-15(24(28)29)10-17(16)21(23)27/h2-5,8-10,14,19H,6-7,11H2,1H3,(H,22,25). The van der Waals surface area contributed by atoms with Crippen LogP contribution in [-0.2, 0) is 4.79 Å². The Balaban J connectivity index is 1.49. The van der Waals surface area contributed by atoms with Gasteiger partial charge in [0.05, 0.1) is 22.1 Å². The maximum atomic E-state index is 12.6. The zero-order valence-electron chi connectivity index (χ0n) is 15.8. The Bertz CT molecular complexity index is 1030. The van der Waals surface area contributed by atoms with E-state index in [1.54, 1.807) is 0 Å². The summed E-state index contributed by atoms with van der Waals surface area (Å²) in [5, 5.41) is 13.9. The maximum absolute atomic E-state index is 12.6. The molecule has 1 aliphatic heterocycles. The highest BCUT2D eigenvalue weighted by atomic mass is 16.6. The molecule has 0 aromatic heterocycles. The molecule has 2 aromatic rings. The lowest BCUT2D eigenvalue weighted by molar-refractivity contribution is -0.384. The first-order chi connectivity index (χ1) is 13.8. The fourth-order valence-electron chi connectivity index (χ4n) is 3.58. The van der Waals surface area contributed by atoms with Gasteiger partial charge in [0, 0.05) is 12.1 Å². The summed E-state index contributed by atoms with van der Waals surface area (Å²) in [4.78, 5) is 48.8. The molecule has 1 heterocycles. The lowest BCUT2D eigenvalue weighted by Gasteiger charge is -2.21. The highest BCUT2D eigenvalue weighted by molar-refractivity contribution is 6.22. The van der Waals surface area contributed by atoms with Crippen LogP contribution in [0.4, 0.5) is 5.69 Å². The minimum atomic E-state index is -0.692. The molecule has 1 saturated carbocycles. The molecule has 8 heteroatoms. The number of aryl methyl sites for hydroxylation is 1. The molecule has 1 N–H and O–H groups in total. The van der Waals surface area contributed by atoms with Crippen molar-refractivity contribution >= 4 is 23.4 Å². The van der Waals surface area contributed by atoms with Gasteiger partial charge in [-0.3, -0.25) is 29.4 Å². The van der Waals surface area contributed by atoms with E-state index in [0.717, 1.165) is 34.9 Å². The van der Waals surface area contributed by atoms with Gasteiger partial charge in [-0.05, 0) is 37.3 Å². The average molecular weight is 393 g/mol. The molecule has 0 bridgehead atoms. The van der Waals surface area contributed by atoms with Crippen molar-refractivity contribution in [3.63, 3.8) is 0 Å². The van der Waals surface area contributed by atoms with Gasteiger partial charge in [-0.25, -0.2) is 0 Å². The van der Waals surface area contributed by atoms with Crippen LogP contribution in [0.3, 0.4) is 0 Å². The van der Waals surface area contributed by atoms with Gasteiger partial charge in [-0.15, -0.1) is 0 Å². The van der Waals surface area contributed by atoms with Crippen molar-refractivity contribution < 1.29 is 19.3 Å². The van der Waals surface area contributed by atoms with Crippen LogP contribution in [0.1, 0.15) is 50.7 Å². The van der Waals surface area contributed by atoms with Gasteiger partial charge in [-0.1, -0.05) is 29.8 Å². The summed E-state index contributed by atoms with van der Waals surface area (Å²) in [6, 6.07) is 11.2. The molecule has 3 amide bonds. The van der Waals surface area contributed by atoms with Crippen molar-refractivity contribution in [2.75, 3.05) is 6.54 Å². The van der Waals surface area contributed by atoms with Gasteiger partial charge >= 0.3 is 0 Å². The van der Waals surface area contributed by atoms with E-state index in [0.29, 0.717) is 5.92 Å². The highest BCUT2D eigenvalue weighted by Gasteiger charge is 2.39. The van der Waals surface area contributed by atoms with Gasteiger partial charge in [0.1, 0.15) is 6.54 Å². The van der Waals surface area contributed by atoms with Gasteiger partial charge in [0.25, 0.3) is 17.5 Å². The number of nitro groups is 1. The van der Waals surface area contributed by atoms with Gasteiger partial charge in [0.15, 0.2) is 0 Å². The molecule has 0 saturated heterocycles. The Morgan fingerprint density at radius 3 is 2.41 bits per heavy atom. The number of carbonyl (C=O) groups excluding carboxylic acids is 3. The smallest absolute Gasteiger partial charge is 0.270 e. The van der Waals surface area contributed by atoms with Gasteiger partial charge < -0.3 is 5.32 Å². The van der Waals surface area contributed by atoms with Crippen LogP contribution in [0.15, 0.2) is 42.5 Å². The summed E-state index contributed by atoms with van der Waals surface area (Å²) in [5.41, 5.74) is 1.86. The molecule has 29 heavy (non-hydrogen) atoms. The lowest BCUT2D eigenvalue weighted by Crippen LogP contribution is -2.42. The number of nitro benzene ring substituents is 1. The zero-order valence-corrected chi connectivity index (χ0v) is 15.8. The van der Waals surface area contributed by atoms with E-state index in [-0.39, 0.29) is 22.9 Å². The van der Waals surface area contributed by atoms with Gasteiger partial charge in [-0.2, -0.15) is 0 Å². The monoisotopic (exact) mass is 393 g/mol. The Morgan fingerprint density at radius 2 is 1.79 bits per heavy atom. The van der Waals surface area contributed by atoms with E-state index in [4.69, 9.17) is 0 Å². The number of hydrogen-bond donors (Lipinski definition) is 1. The number of amides is 3. The Morgan fingerprint density at radius 1 is 1.14 bits per heavy atom. The zero-order chi connectivity index (χ0) is 20.7. The van der Waals surface area contributed by atoms with Crippen molar-refractivity contribution in [3.8, 4) is 0 Å². The summed E-state index contributed by atoms with van der Waals surface area (Å²) in [6.45, 7) is 1.57. The van der Waals surface area contributed by atoms with Crippen LogP contribution in [0, 0.1) is 23.0 Å². The van der Waals surface area contributed by atoms with E-state index in [2.05, 4.69) is 5.32 Å². The first kappa shape index (κ1) is 18.8. The minimum absolute atomic E-state index is 0.0470. The van der Waals surface area contributed by atoms with Crippen molar-refractivity contribution in [2.24, 2.45) is 5.92 Å². The van der Waals surface area contributed by atoms with Crippen LogP contribution >= 0.6 is 0 Å². The van der Waals surface area contributed by atoms with E-state index >= 15 is 0 Å². The third-order valence-corrected chi connectivity index (χ3v) is 5.31. The third kappa shape index (κ3) is 3.61. The number of imide groups is 1. The van der Waals surface area contributed by atoms with Crippen LogP contribution in [-0.4, -0.2) is 34.1 Å². The molecule has 1 aliphatic carbocycles. The lowest BCUT2D eigenvalue weighted by atomic mass is 10.0. The molecule has 1 unspecified atom stereocenters. The fraction of sp³-hybridized carbons (Fsp3) is 0.286. The van der Waals surface area contributed by atoms with Crippen LogP contribution in [0.25, 0.3) is 0 Å². The Hall–Kier alpha value is -3.55. The number of hydrogen-bond acceptors (Lipinski definition) is 5. The second-order valence-electron chi connectivity index (χ2n) is 7.48. The van der Waals surface area contributed by atoms with Crippen molar-refractivity contribution in [3.05, 3.63) is 74.8 Å². The molecule has 1 fully saturated rings. The second-order valence-corrected chi connectivity index (χ2v) is 7.48. The third-order valence-electron chi connectivity index (χ3n) is 5.31. The molecular weight excluding hydrogens is 374 g/mol. The predicted octanol–water partition coefficient (Wildman–Crippen LogP) is 2.77. The number of nitrogens with one attached hydrogen (secondary N) is 1. The minimum Gasteiger partial charge on any atom is -0.347 e. The summed E-state index contributed by atoms with van der Waals surface area (Å²) >= 11 is 0. The molecule has 1 atom stereocenters. The number of carbonyl (C=O) groups is 3. The molecular formula is C21H19N3O5. The quantitative estimate of drug-likeness (QED) is 0.461. The van der Waals surface area contributed by atoms with Crippen molar-refractivity contribution in [2.45, 2.75) is 25.8 Å². The number of fused-ring (bicyclic) bond motifs is 1. The van der Waals surface area contributed by atoms with Crippen molar-refractivity contribution in [1.82, 2.24) is 10.2 Å². The SMILES string of the molecule is Cc1ccc(C(NC(=O)CN2C(=O)c3ccc([N+](=O)[O-])cc3C2=O)C2CC2)cc1. The summed E-state index contributed by atoms with van der Waals surface area (Å²) in [7, 11) is 0. The predicted molar refractivity (Wildman–Crippen MR) is 103 cm³/mol. The maximum Gasteiger partial charge on any atom is 0.270 e. The summed E-state index contributed by atoms with van der Waals surface area (Å²) < 4.78 is 0. The average Bonchev–Trinajstić information content (AvgIpc) is 3.51. The Kier molecular flexibility index (Phi) is 4.62. The topological polar surface area (TPSA) is 110 Å². The first-order valence-electron chi connectivity index (χ1n) is 9.35. The van der Waals surface area contributed by atoms with Crippen LogP contribution < -0.4 is 5.32 Å². The van der Waals surface area contributed by atoms with E-state index in [1.807, 2.05) is 31.2 Å². The molecule has 8 nitrogen and oxygen atoms in total. The summed E-state index contributed by atoms with van der Waals surface area (Å²) in [5.74, 6) is -1.41. The molecule has 2 aliphatic rings. The number of benzene rings is 2. The molecule has 2 aromatic carbocycles. The molecule has 4 rings (SSSR count). The fourth-order valence-corrected chi connectivity index (χ4v) is 3.58. The number of nitrogens with zero attached hydrogens (tertiary/aromatic N) is 2. The van der Waals surface area contributed by atoms with E-state index in [1.165, 1.54) is 12.1 Å². The van der Waals surface area contributed by atoms with E-state index in [9.17, 15) is 24.5 Å².